The topological polar surface area (TPSA) is 35.2 Å². The Morgan fingerprint density at radius 2 is 1.79 bits per heavy atom. The zero-order valence-electron chi connectivity index (χ0n) is 9.61. The fraction of sp³-hybridized carbons (Fsp3) is 0.455. The van der Waals surface area contributed by atoms with Crippen molar-refractivity contribution in [2.24, 2.45) is 5.73 Å². The monoisotopic (exact) mass is 303 g/mol. The molecule has 8 heteroatoms. The lowest BCUT2D eigenvalue weighted by Crippen LogP contribution is -2.20. The summed E-state index contributed by atoms with van der Waals surface area (Å²) in [6.07, 6.45) is -4.41. The molecule has 2 N–H and O–H groups in total. The average Bonchev–Trinajstić information content (AvgIpc) is 2.28. The molecule has 1 aromatic rings. The molecule has 0 heterocycles. The summed E-state index contributed by atoms with van der Waals surface area (Å²) in [5.41, 5.74) is 5.75. The first-order valence-electron chi connectivity index (χ1n) is 5.25. The normalized spacial score (nSPS) is 13.6. The number of alkyl halides is 3. The molecule has 0 saturated heterocycles. The van der Waals surface area contributed by atoms with Crippen LogP contribution in [0.2, 0.25) is 5.02 Å². The van der Waals surface area contributed by atoms with Gasteiger partial charge in [0.2, 0.25) is 0 Å². The van der Waals surface area contributed by atoms with Crippen LogP contribution in [0.4, 0.5) is 22.0 Å². The summed E-state index contributed by atoms with van der Waals surface area (Å²) < 4.78 is 65.6. The third-order valence-corrected chi connectivity index (χ3v) is 2.61. The van der Waals surface area contributed by atoms with Crippen LogP contribution in [0.15, 0.2) is 12.1 Å². The Kier molecular flexibility index (Phi) is 5.51. The second-order valence-corrected chi connectivity index (χ2v) is 4.26. The van der Waals surface area contributed by atoms with Gasteiger partial charge in [-0.3, -0.25) is 0 Å². The van der Waals surface area contributed by atoms with E-state index in [-0.39, 0.29) is 23.6 Å². The number of benzene rings is 1. The van der Waals surface area contributed by atoms with E-state index < -0.39 is 30.5 Å². The van der Waals surface area contributed by atoms with Gasteiger partial charge in [-0.1, -0.05) is 11.6 Å². The second-order valence-electron chi connectivity index (χ2n) is 3.85. The van der Waals surface area contributed by atoms with Crippen molar-refractivity contribution in [2.75, 3.05) is 13.2 Å². The maximum Gasteiger partial charge on any atom is 0.411 e. The van der Waals surface area contributed by atoms with Crippen molar-refractivity contribution in [2.45, 2.75) is 18.6 Å². The summed E-state index contributed by atoms with van der Waals surface area (Å²) in [7, 11) is 0. The van der Waals surface area contributed by atoms with Gasteiger partial charge < -0.3 is 10.5 Å². The van der Waals surface area contributed by atoms with E-state index in [4.69, 9.17) is 17.3 Å². The minimum absolute atomic E-state index is 0.000865. The SMILES string of the molecule is NC(CCOCC(F)(F)F)c1cc(F)c(F)cc1Cl. The molecule has 0 bridgehead atoms. The van der Waals surface area contributed by atoms with Gasteiger partial charge in [0.25, 0.3) is 0 Å². The van der Waals surface area contributed by atoms with Gasteiger partial charge >= 0.3 is 6.18 Å². The molecule has 0 spiro atoms. The molecule has 0 aliphatic rings. The molecule has 1 aromatic carbocycles. The molecule has 108 valence electrons. The molecule has 19 heavy (non-hydrogen) atoms. The van der Waals surface area contributed by atoms with Gasteiger partial charge in [-0.15, -0.1) is 0 Å². The lowest BCUT2D eigenvalue weighted by molar-refractivity contribution is -0.174. The molecule has 1 unspecified atom stereocenters. The van der Waals surface area contributed by atoms with Gasteiger partial charge in [0, 0.05) is 17.7 Å². The average molecular weight is 304 g/mol. The molecule has 1 atom stereocenters. The Morgan fingerprint density at radius 3 is 2.37 bits per heavy atom. The standard InChI is InChI=1S/C11H11ClF5NO/c12-7-4-9(14)8(13)3-6(7)10(18)1-2-19-5-11(15,16)17/h3-4,10H,1-2,5,18H2. The number of nitrogens with two attached hydrogens (primary N) is 1. The zero-order chi connectivity index (χ0) is 14.6. The summed E-state index contributed by atoms with van der Waals surface area (Å²) in [5.74, 6) is -2.24. The van der Waals surface area contributed by atoms with E-state index in [1.165, 1.54) is 0 Å². The van der Waals surface area contributed by atoms with Crippen LogP contribution in [0.25, 0.3) is 0 Å². The molecule has 0 aliphatic carbocycles. The van der Waals surface area contributed by atoms with Gasteiger partial charge in [0.05, 0.1) is 0 Å². The number of halogens is 6. The van der Waals surface area contributed by atoms with Crippen molar-refractivity contribution < 1.29 is 26.7 Å². The second kappa shape index (κ2) is 6.49. The molecule has 1 rings (SSSR count). The Bertz CT molecular complexity index is 438. The van der Waals surface area contributed by atoms with Crippen molar-refractivity contribution in [1.82, 2.24) is 0 Å². The Balaban J connectivity index is 2.54. The van der Waals surface area contributed by atoms with Crippen molar-refractivity contribution in [3.05, 3.63) is 34.4 Å². The number of ether oxygens (including phenoxy) is 1. The molecule has 0 aliphatic heterocycles. The van der Waals surface area contributed by atoms with Crippen molar-refractivity contribution >= 4 is 11.6 Å². The molecule has 0 fully saturated rings. The van der Waals surface area contributed by atoms with E-state index in [9.17, 15) is 22.0 Å². The quantitative estimate of drug-likeness (QED) is 0.512. The predicted molar refractivity (Wildman–Crippen MR) is 59.8 cm³/mol. The number of rotatable bonds is 5. The number of hydrogen-bond donors (Lipinski definition) is 1. The maximum atomic E-state index is 13.0. The summed E-state index contributed by atoms with van der Waals surface area (Å²) in [6, 6.07) is 0.755. The molecular formula is C11H11ClF5NO. The van der Waals surface area contributed by atoms with Crippen LogP contribution in [0, 0.1) is 11.6 Å². The molecular weight excluding hydrogens is 293 g/mol. The first-order chi connectivity index (χ1) is 8.70. The first-order valence-corrected chi connectivity index (χ1v) is 5.63. The lowest BCUT2D eigenvalue weighted by Gasteiger charge is -2.15. The van der Waals surface area contributed by atoms with Crippen LogP contribution in [-0.4, -0.2) is 19.4 Å². The van der Waals surface area contributed by atoms with Crippen molar-refractivity contribution in [1.29, 1.82) is 0 Å². The van der Waals surface area contributed by atoms with Gasteiger partial charge in [0.1, 0.15) is 6.61 Å². The van der Waals surface area contributed by atoms with E-state index in [2.05, 4.69) is 4.74 Å². The van der Waals surface area contributed by atoms with Crippen LogP contribution in [0.3, 0.4) is 0 Å². The van der Waals surface area contributed by atoms with Gasteiger partial charge in [-0.25, -0.2) is 8.78 Å². The summed E-state index contributed by atoms with van der Waals surface area (Å²) in [4.78, 5) is 0. The van der Waals surface area contributed by atoms with Crippen LogP contribution in [-0.2, 0) is 4.74 Å². The van der Waals surface area contributed by atoms with Gasteiger partial charge in [-0.05, 0) is 24.1 Å². The van der Waals surface area contributed by atoms with Crippen molar-refractivity contribution in [3.63, 3.8) is 0 Å². The number of hydrogen-bond acceptors (Lipinski definition) is 2. The van der Waals surface area contributed by atoms with Crippen LogP contribution in [0.5, 0.6) is 0 Å². The summed E-state index contributed by atoms with van der Waals surface area (Å²) >= 11 is 5.67. The van der Waals surface area contributed by atoms with Crippen molar-refractivity contribution in [3.8, 4) is 0 Å². The molecule has 0 radical (unpaired) electrons. The first kappa shape index (κ1) is 16.1. The zero-order valence-corrected chi connectivity index (χ0v) is 10.4. The minimum atomic E-state index is -4.41. The third kappa shape index (κ3) is 5.30. The van der Waals surface area contributed by atoms with Gasteiger partial charge in [0.15, 0.2) is 11.6 Å². The van der Waals surface area contributed by atoms with E-state index in [1.807, 2.05) is 0 Å². The van der Waals surface area contributed by atoms with Gasteiger partial charge in [-0.2, -0.15) is 13.2 Å². The summed E-state index contributed by atoms with van der Waals surface area (Å²) in [5, 5.41) is -0.0813. The highest BCUT2D eigenvalue weighted by atomic mass is 35.5. The van der Waals surface area contributed by atoms with Crippen LogP contribution in [0.1, 0.15) is 18.0 Å². The molecule has 2 nitrogen and oxygen atoms in total. The largest absolute Gasteiger partial charge is 0.411 e. The fourth-order valence-corrected chi connectivity index (χ4v) is 1.67. The van der Waals surface area contributed by atoms with E-state index in [0.717, 1.165) is 12.1 Å². The van der Waals surface area contributed by atoms with E-state index in [1.54, 1.807) is 0 Å². The Hall–Kier alpha value is -0.920. The van der Waals surface area contributed by atoms with E-state index in [0.29, 0.717) is 0 Å². The predicted octanol–water partition coefficient (Wildman–Crippen LogP) is 3.59. The minimum Gasteiger partial charge on any atom is -0.372 e. The highest BCUT2D eigenvalue weighted by Crippen LogP contribution is 2.26. The Morgan fingerprint density at radius 1 is 1.21 bits per heavy atom. The molecule has 0 amide bonds. The highest BCUT2D eigenvalue weighted by molar-refractivity contribution is 6.31. The highest BCUT2D eigenvalue weighted by Gasteiger charge is 2.27. The summed E-state index contributed by atoms with van der Waals surface area (Å²) in [6.45, 7) is -1.65. The van der Waals surface area contributed by atoms with E-state index >= 15 is 0 Å². The maximum absolute atomic E-state index is 13.0. The lowest BCUT2D eigenvalue weighted by atomic mass is 10.0. The molecule has 0 saturated carbocycles. The molecule has 0 aromatic heterocycles. The van der Waals surface area contributed by atoms with Crippen LogP contribution >= 0.6 is 11.6 Å². The third-order valence-electron chi connectivity index (χ3n) is 2.28. The van der Waals surface area contributed by atoms with Crippen LogP contribution < -0.4 is 5.73 Å². The smallest absolute Gasteiger partial charge is 0.372 e. The fourth-order valence-electron chi connectivity index (χ4n) is 1.38. The Labute approximate surface area is 111 Å².